The maximum absolute atomic E-state index is 12.4. The van der Waals surface area contributed by atoms with Gasteiger partial charge in [0.15, 0.2) is 0 Å². The van der Waals surface area contributed by atoms with Crippen molar-refractivity contribution in [3.63, 3.8) is 0 Å². The molecule has 0 aliphatic rings. The average molecular weight is 391 g/mol. The number of benzene rings is 3. The molecule has 0 unspecified atom stereocenters. The third kappa shape index (κ3) is 4.93. The normalized spacial score (nSPS) is 10.2. The highest BCUT2D eigenvalue weighted by atomic mass is 16.5. The number of carbonyl (C=O) groups excluding carboxylic acids is 2. The Bertz CT molecular complexity index is 1010. The van der Waals surface area contributed by atoms with E-state index in [2.05, 4.69) is 5.32 Å². The van der Waals surface area contributed by atoms with Crippen LogP contribution in [0, 0.1) is 6.92 Å². The van der Waals surface area contributed by atoms with Crippen LogP contribution in [0.3, 0.4) is 0 Å². The summed E-state index contributed by atoms with van der Waals surface area (Å²) in [5.41, 5.74) is 2.41. The van der Waals surface area contributed by atoms with Gasteiger partial charge in [-0.3, -0.25) is 4.79 Å². The number of carbonyl (C=O) groups is 2. The number of rotatable bonds is 6. The zero-order valence-corrected chi connectivity index (χ0v) is 16.4. The number of anilines is 1. The first-order valence-corrected chi connectivity index (χ1v) is 8.92. The van der Waals surface area contributed by atoms with E-state index < -0.39 is 5.97 Å². The predicted molar refractivity (Wildman–Crippen MR) is 110 cm³/mol. The molecule has 1 N–H and O–H groups in total. The molecule has 0 atom stereocenters. The third-order valence-electron chi connectivity index (χ3n) is 4.31. The maximum atomic E-state index is 12.4. The zero-order valence-electron chi connectivity index (χ0n) is 16.4. The first kappa shape index (κ1) is 19.9. The molecule has 6 heteroatoms. The summed E-state index contributed by atoms with van der Waals surface area (Å²) < 4.78 is 15.6. The van der Waals surface area contributed by atoms with Gasteiger partial charge in [0, 0.05) is 11.3 Å². The van der Waals surface area contributed by atoms with Crippen LogP contribution in [-0.4, -0.2) is 26.1 Å². The van der Waals surface area contributed by atoms with E-state index in [1.807, 2.05) is 6.92 Å². The molecule has 1 amide bonds. The molecular formula is C23H21NO5. The van der Waals surface area contributed by atoms with Gasteiger partial charge in [0.05, 0.1) is 19.8 Å². The fraction of sp³-hybridized carbons (Fsp3) is 0.130. The van der Waals surface area contributed by atoms with Crippen LogP contribution < -0.4 is 19.5 Å². The van der Waals surface area contributed by atoms with Crippen LogP contribution in [0.4, 0.5) is 5.69 Å². The molecule has 0 saturated carbocycles. The number of amides is 1. The number of hydrogen-bond acceptors (Lipinski definition) is 5. The molecule has 3 aromatic rings. The van der Waals surface area contributed by atoms with Crippen LogP contribution in [0.15, 0.2) is 66.7 Å². The number of methoxy groups -OCH3 is 2. The lowest BCUT2D eigenvalue weighted by molar-refractivity contribution is 0.0734. The SMILES string of the molecule is COc1ccc(C(=O)Oc2ccc(NC(=O)c3ccc(OC)c(C)c3)cc2)cc1. The van der Waals surface area contributed by atoms with Crippen molar-refractivity contribution >= 4 is 17.6 Å². The van der Waals surface area contributed by atoms with E-state index in [-0.39, 0.29) is 5.91 Å². The van der Waals surface area contributed by atoms with E-state index >= 15 is 0 Å². The number of esters is 1. The summed E-state index contributed by atoms with van der Waals surface area (Å²) in [5, 5.41) is 2.81. The highest BCUT2D eigenvalue weighted by molar-refractivity contribution is 6.04. The minimum Gasteiger partial charge on any atom is -0.497 e. The van der Waals surface area contributed by atoms with Crippen LogP contribution in [0.2, 0.25) is 0 Å². The Morgan fingerprint density at radius 2 is 1.38 bits per heavy atom. The number of ether oxygens (including phenoxy) is 3. The first-order valence-electron chi connectivity index (χ1n) is 8.92. The fourth-order valence-corrected chi connectivity index (χ4v) is 2.72. The lowest BCUT2D eigenvalue weighted by Crippen LogP contribution is -2.12. The Morgan fingerprint density at radius 3 is 1.97 bits per heavy atom. The van der Waals surface area contributed by atoms with Crippen molar-refractivity contribution in [1.29, 1.82) is 0 Å². The second-order valence-electron chi connectivity index (χ2n) is 6.28. The first-order chi connectivity index (χ1) is 14.0. The van der Waals surface area contributed by atoms with Crippen LogP contribution in [0.5, 0.6) is 17.2 Å². The lowest BCUT2D eigenvalue weighted by Gasteiger charge is -2.09. The molecule has 0 aliphatic carbocycles. The molecule has 6 nitrogen and oxygen atoms in total. The molecule has 0 aromatic heterocycles. The van der Waals surface area contributed by atoms with Gasteiger partial charge in [0.25, 0.3) is 5.91 Å². The topological polar surface area (TPSA) is 73.9 Å². The molecule has 148 valence electrons. The molecule has 0 fully saturated rings. The fourth-order valence-electron chi connectivity index (χ4n) is 2.72. The summed E-state index contributed by atoms with van der Waals surface area (Å²) >= 11 is 0. The van der Waals surface area contributed by atoms with Gasteiger partial charge in [-0.05, 0) is 79.2 Å². The van der Waals surface area contributed by atoms with E-state index in [9.17, 15) is 9.59 Å². The number of nitrogens with one attached hydrogen (secondary N) is 1. The summed E-state index contributed by atoms with van der Waals surface area (Å²) in [5.74, 6) is 1.05. The van der Waals surface area contributed by atoms with Crippen molar-refractivity contribution in [3.8, 4) is 17.2 Å². The Kier molecular flexibility index (Phi) is 6.14. The van der Waals surface area contributed by atoms with Gasteiger partial charge in [-0.25, -0.2) is 4.79 Å². The Balaban J connectivity index is 1.62. The molecule has 0 heterocycles. The van der Waals surface area contributed by atoms with Crippen molar-refractivity contribution in [2.75, 3.05) is 19.5 Å². The number of hydrogen-bond donors (Lipinski definition) is 1. The quantitative estimate of drug-likeness (QED) is 0.495. The molecule has 0 bridgehead atoms. The van der Waals surface area contributed by atoms with Gasteiger partial charge in [0.2, 0.25) is 0 Å². The smallest absolute Gasteiger partial charge is 0.343 e. The Hall–Kier alpha value is -3.80. The molecule has 0 aliphatic heterocycles. The lowest BCUT2D eigenvalue weighted by atomic mass is 10.1. The zero-order chi connectivity index (χ0) is 20.8. The molecule has 3 aromatic carbocycles. The summed E-state index contributed by atoms with van der Waals surface area (Å²) in [6.07, 6.45) is 0. The Labute approximate surface area is 169 Å². The summed E-state index contributed by atoms with van der Waals surface area (Å²) in [6, 6.07) is 18.4. The molecule has 29 heavy (non-hydrogen) atoms. The van der Waals surface area contributed by atoms with Crippen molar-refractivity contribution in [2.45, 2.75) is 6.92 Å². The van der Waals surface area contributed by atoms with Crippen molar-refractivity contribution < 1.29 is 23.8 Å². The third-order valence-corrected chi connectivity index (χ3v) is 4.31. The largest absolute Gasteiger partial charge is 0.497 e. The molecule has 3 rings (SSSR count). The van der Waals surface area contributed by atoms with E-state index in [0.29, 0.717) is 28.3 Å². The van der Waals surface area contributed by atoms with Gasteiger partial charge >= 0.3 is 5.97 Å². The van der Waals surface area contributed by atoms with Crippen LogP contribution >= 0.6 is 0 Å². The second-order valence-corrected chi connectivity index (χ2v) is 6.28. The van der Waals surface area contributed by atoms with E-state index in [4.69, 9.17) is 14.2 Å². The highest BCUT2D eigenvalue weighted by Gasteiger charge is 2.11. The van der Waals surface area contributed by atoms with E-state index in [1.165, 1.54) is 0 Å². The molecule has 0 radical (unpaired) electrons. The standard InChI is InChI=1S/C23H21NO5/c1-15-14-17(6-13-21(15)28-3)22(25)24-18-7-11-20(12-8-18)29-23(26)16-4-9-19(27-2)10-5-16/h4-14H,1-3H3,(H,24,25). The summed E-state index contributed by atoms with van der Waals surface area (Å²) in [6.45, 7) is 1.88. The molecule has 0 spiro atoms. The van der Waals surface area contributed by atoms with E-state index in [1.54, 1.807) is 80.9 Å². The highest BCUT2D eigenvalue weighted by Crippen LogP contribution is 2.21. The summed E-state index contributed by atoms with van der Waals surface area (Å²) in [7, 11) is 3.15. The van der Waals surface area contributed by atoms with Crippen molar-refractivity contribution in [1.82, 2.24) is 0 Å². The van der Waals surface area contributed by atoms with Gasteiger partial charge in [-0.1, -0.05) is 0 Å². The van der Waals surface area contributed by atoms with Gasteiger partial charge in [-0.2, -0.15) is 0 Å². The van der Waals surface area contributed by atoms with Crippen LogP contribution in [0.1, 0.15) is 26.3 Å². The second kappa shape index (κ2) is 8.93. The van der Waals surface area contributed by atoms with Crippen molar-refractivity contribution in [2.24, 2.45) is 0 Å². The van der Waals surface area contributed by atoms with Crippen LogP contribution in [0.25, 0.3) is 0 Å². The Morgan fingerprint density at radius 1 is 0.759 bits per heavy atom. The van der Waals surface area contributed by atoms with Gasteiger partial charge in [0.1, 0.15) is 17.2 Å². The maximum Gasteiger partial charge on any atom is 0.343 e. The minimum atomic E-state index is -0.474. The van der Waals surface area contributed by atoms with Crippen LogP contribution in [-0.2, 0) is 0 Å². The number of aryl methyl sites for hydroxylation is 1. The van der Waals surface area contributed by atoms with Crippen molar-refractivity contribution in [3.05, 3.63) is 83.4 Å². The average Bonchev–Trinajstić information content (AvgIpc) is 2.75. The molecular weight excluding hydrogens is 370 g/mol. The monoisotopic (exact) mass is 391 g/mol. The van der Waals surface area contributed by atoms with Gasteiger partial charge in [-0.15, -0.1) is 0 Å². The van der Waals surface area contributed by atoms with Gasteiger partial charge < -0.3 is 19.5 Å². The summed E-state index contributed by atoms with van der Waals surface area (Å²) in [4.78, 5) is 24.6. The predicted octanol–water partition coefficient (Wildman–Crippen LogP) is 4.48. The van der Waals surface area contributed by atoms with E-state index in [0.717, 1.165) is 11.3 Å². The minimum absolute atomic E-state index is 0.237. The molecule has 0 saturated heterocycles.